The van der Waals surface area contributed by atoms with Crippen LogP contribution in [0.15, 0.2) is 33.6 Å². The van der Waals surface area contributed by atoms with E-state index < -0.39 is 22.0 Å². The molecule has 2 saturated heterocycles. The molecule has 1 aromatic carbocycles. The van der Waals surface area contributed by atoms with Gasteiger partial charge < -0.3 is 18.8 Å². The van der Waals surface area contributed by atoms with Crippen molar-refractivity contribution in [2.45, 2.75) is 30.8 Å². The van der Waals surface area contributed by atoms with Crippen LogP contribution in [0.2, 0.25) is 0 Å². The van der Waals surface area contributed by atoms with Gasteiger partial charge in [0.2, 0.25) is 15.9 Å². The number of anilines is 1. The second kappa shape index (κ2) is 9.85. The number of ether oxygens (including phenoxy) is 2. The quantitative estimate of drug-likeness (QED) is 0.653. The van der Waals surface area contributed by atoms with E-state index in [1.807, 2.05) is 0 Å². The fraction of sp³-hybridized carbons (Fsp3) is 0.500. The second-order valence-electron chi connectivity index (χ2n) is 7.52. The first-order valence-electron chi connectivity index (χ1n) is 10.7. The zero-order valence-corrected chi connectivity index (χ0v) is 18.9. The Hall–Kier alpha value is -3.03. The molecule has 0 spiro atoms. The van der Waals surface area contributed by atoms with Crippen molar-refractivity contribution in [2.24, 2.45) is 0 Å². The Morgan fingerprint density at radius 2 is 1.88 bits per heavy atom. The molecule has 1 unspecified atom stereocenters. The molecule has 1 N–H and O–H groups in total. The minimum absolute atomic E-state index is 0.0540. The molecule has 2 aromatic rings. The molecule has 12 nitrogen and oxygen atoms in total. The summed E-state index contributed by atoms with van der Waals surface area (Å²) in [5, 5.41) is 10.2. The molecule has 2 aliphatic heterocycles. The van der Waals surface area contributed by atoms with Crippen LogP contribution in [0.1, 0.15) is 42.1 Å². The number of rotatable bonds is 6. The van der Waals surface area contributed by atoms with E-state index in [4.69, 9.17) is 13.9 Å². The van der Waals surface area contributed by atoms with E-state index in [0.29, 0.717) is 12.5 Å². The highest BCUT2D eigenvalue weighted by Gasteiger charge is 2.31. The number of piperazine rings is 1. The number of hydrogen-bond acceptors (Lipinski definition) is 9. The zero-order valence-electron chi connectivity index (χ0n) is 18.1. The normalized spacial score (nSPS) is 19.4. The van der Waals surface area contributed by atoms with Crippen molar-refractivity contribution in [3.63, 3.8) is 0 Å². The average molecular weight is 480 g/mol. The van der Waals surface area contributed by atoms with E-state index in [2.05, 4.69) is 15.5 Å². The molecule has 33 heavy (non-hydrogen) atoms. The summed E-state index contributed by atoms with van der Waals surface area (Å²) in [4.78, 5) is 25.8. The monoisotopic (exact) mass is 479 g/mol. The summed E-state index contributed by atoms with van der Waals surface area (Å²) in [7, 11) is -3.76. The van der Waals surface area contributed by atoms with Crippen molar-refractivity contribution >= 4 is 28.0 Å². The number of amides is 2. The van der Waals surface area contributed by atoms with Crippen LogP contribution >= 0.6 is 0 Å². The number of nitrogens with zero attached hydrogens (tertiary/aromatic N) is 4. The minimum Gasteiger partial charge on any atom is -0.450 e. The Morgan fingerprint density at radius 1 is 1.15 bits per heavy atom. The smallest absolute Gasteiger partial charge is 0.409 e. The lowest BCUT2D eigenvalue weighted by molar-refractivity contribution is 0.0893. The molecule has 1 atom stereocenters. The molecule has 4 rings (SSSR count). The lowest BCUT2D eigenvalue weighted by Gasteiger charge is -2.33. The Kier molecular flexibility index (Phi) is 6.91. The maximum absolute atomic E-state index is 12.9. The fourth-order valence-electron chi connectivity index (χ4n) is 3.61. The molecule has 178 valence electrons. The first-order valence-corrected chi connectivity index (χ1v) is 12.1. The van der Waals surface area contributed by atoms with Crippen molar-refractivity contribution in [1.29, 1.82) is 0 Å². The van der Waals surface area contributed by atoms with Crippen LogP contribution in [0.5, 0.6) is 0 Å². The summed E-state index contributed by atoms with van der Waals surface area (Å²) in [5.41, 5.74) is 0.234. The van der Waals surface area contributed by atoms with Crippen molar-refractivity contribution < 1.29 is 31.9 Å². The number of aromatic nitrogens is 2. The Labute approximate surface area is 190 Å². The highest BCUT2D eigenvalue weighted by Crippen LogP contribution is 2.28. The highest BCUT2D eigenvalue weighted by molar-refractivity contribution is 7.89. The number of hydrogen-bond donors (Lipinski definition) is 1. The third kappa shape index (κ3) is 5.15. The van der Waals surface area contributed by atoms with E-state index >= 15 is 0 Å². The van der Waals surface area contributed by atoms with Crippen molar-refractivity contribution in [3.8, 4) is 0 Å². The van der Waals surface area contributed by atoms with Gasteiger partial charge in [0.1, 0.15) is 6.10 Å². The van der Waals surface area contributed by atoms with Crippen LogP contribution in [-0.4, -0.2) is 79.2 Å². The predicted molar refractivity (Wildman–Crippen MR) is 114 cm³/mol. The third-order valence-electron chi connectivity index (χ3n) is 5.39. The summed E-state index contributed by atoms with van der Waals surface area (Å²) in [5.74, 6) is -0.197. The lowest BCUT2D eigenvalue weighted by atomic mass is 10.2. The van der Waals surface area contributed by atoms with Gasteiger partial charge in [0.25, 0.3) is 5.91 Å². The summed E-state index contributed by atoms with van der Waals surface area (Å²) >= 11 is 0. The van der Waals surface area contributed by atoms with Crippen molar-refractivity contribution in [1.82, 2.24) is 19.4 Å². The van der Waals surface area contributed by atoms with Crippen LogP contribution in [0, 0.1) is 0 Å². The summed E-state index contributed by atoms with van der Waals surface area (Å²) < 4.78 is 43.0. The molecule has 0 bridgehead atoms. The van der Waals surface area contributed by atoms with Crippen LogP contribution in [0.25, 0.3) is 0 Å². The van der Waals surface area contributed by atoms with Gasteiger partial charge in [0.15, 0.2) is 0 Å². The maximum Gasteiger partial charge on any atom is 0.409 e. The van der Waals surface area contributed by atoms with E-state index in [0.717, 1.165) is 12.8 Å². The number of benzene rings is 1. The van der Waals surface area contributed by atoms with Gasteiger partial charge in [-0.3, -0.25) is 10.1 Å². The molecule has 0 saturated carbocycles. The Balaban J connectivity index is 1.36. The van der Waals surface area contributed by atoms with Crippen molar-refractivity contribution in [3.05, 3.63) is 35.7 Å². The molecule has 2 fully saturated rings. The zero-order chi connectivity index (χ0) is 23.4. The number of carbonyl (C=O) groups is 2. The maximum atomic E-state index is 12.9. The van der Waals surface area contributed by atoms with Gasteiger partial charge in [-0.05, 0) is 44.0 Å². The third-order valence-corrected chi connectivity index (χ3v) is 7.30. The molecular weight excluding hydrogens is 454 g/mol. The molecule has 0 radical (unpaired) electrons. The molecule has 2 amide bonds. The number of sulfonamides is 1. The lowest BCUT2D eigenvalue weighted by Crippen LogP contribution is -2.50. The molecule has 2 aliphatic rings. The SMILES string of the molecule is CCOC(=O)N1CCN(S(=O)(=O)c2ccc(C(=O)Nc3nnc(C4CCCO4)o3)cc2)CC1. The van der Waals surface area contributed by atoms with Crippen LogP contribution in [-0.2, 0) is 19.5 Å². The van der Waals surface area contributed by atoms with Gasteiger partial charge in [-0.15, -0.1) is 5.10 Å². The highest BCUT2D eigenvalue weighted by atomic mass is 32.2. The number of carbonyl (C=O) groups excluding carboxylic acids is 2. The van der Waals surface area contributed by atoms with Crippen LogP contribution < -0.4 is 5.32 Å². The Morgan fingerprint density at radius 3 is 2.52 bits per heavy atom. The van der Waals surface area contributed by atoms with E-state index in [-0.39, 0.29) is 55.4 Å². The molecular formula is C20H25N5O7S. The topological polar surface area (TPSA) is 144 Å². The van der Waals surface area contributed by atoms with Crippen LogP contribution in [0.3, 0.4) is 0 Å². The predicted octanol–water partition coefficient (Wildman–Crippen LogP) is 1.64. The fourth-order valence-corrected chi connectivity index (χ4v) is 5.03. The van der Waals surface area contributed by atoms with Crippen molar-refractivity contribution in [2.75, 3.05) is 44.7 Å². The first kappa shape index (κ1) is 23.1. The van der Waals surface area contributed by atoms with E-state index in [9.17, 15) is 18.0 Å². The summed E-state index contributed by atoms with van der Waals surface area (Å²) in [6, 6.07) is 5.51. The first-order chi connectivity index (χ1) is 15.9. The average Bonchev–Trinajstić information content (AvgIpc) is 3.51. The van der Waals surface area contributed by atoms with E-state index in [1.165, 1.54) is 33.5 Å². The summed E-state index contributed by atoms with van der Waals surface area (Å²) in [6.45, 7) is 3.42. The van der Waals surface area contributed by atoms with Gasteiger partial charge in [-0.2, -0.15) is 4.31 Å². The van der Waals surface area contributed by atoms with Gasteiger partial charge in [-0.25, -0.2) is 13.2 Å². The largest absolute Gasteiger partial charge is 0.450 e. The molecule has 0 aliphatic carbocycles. The van der Waals surface area contributed by atoms with Gasteiger partial charge in [0, 0.05) is 38.3 Å². The molecule has 3 heterocycles. The standard InChI is InChI=1S/C20H25N5O7S/c1-2-30-20(27)24-9-11-25(12-10-24)33(28,29)15-7-5-14(6-8-15)17(26)21-19-23-22-18(32-19)16-4-3-13-31-16/h5-8,16H,2-4,9-13H2,1H3,(H,21,23,26). The number of nitrogens with one attached hydrogen (secondary N) is 1. The second-order valence-corrected chi connectivity index (χ2v) is 9.45. The Bertz CT molecular complexity index is 1090. The minimum atomic E-state index is -3.76. The molecule has 13 heteroatoms. The van der Waals surface area contributed by atoms with E-state index in [1.54, 1.807) is 6.92 Å². The summed E-state index contributed by atoms with van der Waals surface area (Å²) in [6.07, 6.45) is 0.981. The van der Waals surface area contributed by atoms with Gasteiger partial charge in [0.05, 0.1) is 11.5 Å². The molecule has 1 aromatic heterocycles. The van der Waals surface area contributed by atoms with Gasteiger partial charge >= 0.3 is 12.1 Å². The van der Waals surface area contributed by atoms with Gasteiger partial charge in [-0.1, -0.05) is 5.10 Å². The van der Waals surface area contributed by atoms with Crippen LogP contribution in [0.4, 0.5) is 10.8 Å².